The molecule has 1 saturated heterocycles. The van der Waals surface area contributed by atoms with Crippen LogP contribution in [0.1, 0.15) is 40.8 Å². The fraction of sp³-hybridized carbons (Fsp3) is 0.500. The molecule has 0 saturated carbocycles. The number of rotatable bonds is 6. The van der Waals surface area contributed by atoms with Crippen LogP contribution in [-0.2, 0) is 42.9 Å². The van der Waals surface area contributed by atoms with E-state index in [4.69, 9.17) is 18.9 Å². The van der Waals surface area contributed by atoms with Gasteiger partial charge in [-0.05, 0) is 0 Å². The van der Waals surface area contributed by atoms with E-state index in [-0.39, 0.29) is 23.6 Å². The van der Waals surface area contributed by atoms with E-state index in [0.29, 0.717) is 0 Å². The molecule has 14 heteroatoms. The van der Waals surface area contributed by atoms with Crippen molar-refractivity contribution in [2.24, 2.45) is 0 Å². The molecule has 0 N–H and O–H groups in total. The highest BCUT2D eigenvalue weighted by Gasteiger charge is 2.51. The van der Waals surface area contributed by atoms with E-state index in [2.05, 4.69) is 15.0 Å². The van der Waals surface area contributed by atoms with E-state index in [1.807, 2.05) is 0 Å². The minimum absolute atomic E-state index is 0.0428. The first-order valence-electron chi connectivity index (χ1n) is 10.1. The number of imidazole rings is 1. The van der Waals surface area contributed by atoms with E-state index < -0.39 is 54.3 Å². The summed E-state index contributed by atoms with van der Waals surface area (Å²) < 4.78 is 23.1. The number of carbonyl (C=O) groups is 5. The van der Waals surface area contributed by atoms with Crippen LogP contribution in [0.4, 0.5) is 5.82 Å². The van der Waals surface area contributed by atoms with Gasteiger partial charge in [0.05, 0.1) is 6.33 Å². The lowest BCUT2D eigenvalue weighted by molar-refractivity contribution is -0.166. The van der Waals surface area contributed by atoms with Gasteiger partial charge in [-0.2, -0.15) is 0 Å². The van der Waals surface area contributed by atoms with Crippen molar-refractivity contribution in [1.29, 1.82) is 0 Å². The molecular formula is C20H23N5O9. The summed E-state index contributed by atoms with van der Waals surface area (Å²) in [4.78, 5) is 72.2. The highest BCUT2D eigenvalue weighted by atomic mass is 16.7. The van der Waals surface area contributed by atoms with Gasteiger partial charge in [0.15, 0.2) is 35.4 Å². The monoisotopic (exact) mass is 477 g/mol. The molecule has 2 amide bonds. The lowest BCUT2D eigenvalue weighted by atomic mass is 10.1. The van der Waals surface area contributed by atoms with Crippen LogP contribution >= 0.6 is 0 Å². The molecule has 3 rings (SSSR count). The molecule has 3 heterocycles. The number of hydrogen-bond acceptors (Lipinski definition) is 12. The number of fused-ring (bicyclic) bond motifs is 1. The molecule has 2 aromatic heterocycles. The van der Waals surface area contributed by atoms with Crippen molar-refractivity contribution in [2.75, 3.05) is 11.5 Å². The van der Waals surface area contributed by atoms with Crippen LogP contribution in [0.3, 0.4) is 0 Å². The van der Waals surface area contributed by atoms with Crippen molar-refractivity contribution in [1.82, 2.24) is 19.5 Å². The molecule has 1 fully saturated rings. The molecule has 0 bridgehead atoms. The minimum Gasteiger partial charge on any atom is -0.463 e. The summed E-state index contributed by atoms with van der Waals surface area (Å²) in [5.41, 5.74) is 0.250. The second-order valence-electron chi connectivity index (χ2n) is 7.41. The summed E-state index contributed by atoms with van der Waals surface area (Å²) in [6.07, 6.45) is -1.94. The summed E-state index contributed by atoms with van der Waals surface area (Å²) in [7, 11) is 0. The topological polar surface area (TPSA) is 169 Å². The third-order valence-corrected chi connectivity index (χ3v) is 4.80. The number of aromatic nitrogens is 4. The average Bonchev–Trinajstić information content (AvgIpc) is 3.28. The van der Waals surface area contributed by atoms with Crippen LogP contribution in [0.2, 0.25) is 0 Å². The van der Waals surface area contributed by atoms with Gasteiger partial charge in [-0.25, -0.2) is 19.9 Å². The number of imide groups is 1. The summed E-state index contributed by atoms with van der Waals surface area (Å²) in [6.45, 7) is 5.67. The van der Waals surface area contributed by atoms with Gasteiger partial charge in [-0.15, -0.1) is 0 Å². The van der Waals surface area contributed by atoms with Gasteiger partial charge in [-0.1, -0.05) is 0 Å². The third kappa shape index (κ3) is 5.01. The SMILES string of the molecule is CC(=O)OCC1OC(n2cnc3c(N(C(C)=O)C(C)=O)ncnc32)C(OC(C)=O)C1OC(C)=O. The average molecular weight is 477 g/mol. The van der Waals surface area contributed by atoms with Gasteiger partial charge >= 0.3 is 17.9 Å². The molecule has 2 aromatic rings. The van der Waals surface area contributed by atoms with Crippen molar-refractivity contribution in [3.63, 3.8) is 0 Å². The van der Waals surface area contributed by atoms with E-state index in [1.54, 1.807) is 0 Å². The molecule has 1 aliphatic heterocycles. The fourth-order valence-electron chi connectivity index (χ4n) is 3.63. The molecule has 14 nitrogen and oxygen atoms in total. The highest BCUT2D eigenvalue weighted by Crippen LogP contribution is 2.36. The fourth-order valence-corrected chi connectivity index (χ4v) is 3.63. The van der Waals surface area contributed by atoms with Crippen molar-refractivity contribution in [3.05, 3.63) is 12.7 Å². The maximum Gasteiger partial charge on any atom is 0.303 e. The van der Waals surface area contributed by atoms with Gasteiger partial charge in [0.2, 0.25) is 11.8 Å². The Hall–Kier alpha value is -3.94. The van der Waals surface area contributed by atoms with Crippen molar-refractivity contribution < 1.29 is 42.9 Å². The van der Waals surface area contributed by atoms with E-state index in [9.17, 15) is 24.0 Å². The maximum absolute atomic E-state index is 12.0. The highest BCUT2D eigenvalue weighted by molar-refractivity contribution is 6.15. The molecular weight excluding hydrogens is 454 g/mol. The number of nitrogens with zero attached hydrogens (tertiary/aromatic N) is 5. The van der Waals surface area contributed by atoms with E-state index >= 15 is 0 Å². The number of carbonyl (C=O) groups excluding carboxylic acids is 5. The molecule has 4 atom stereocenters. The zero-order valence-corrected chi connectivity index (χ0v) is 19.1. The van der Waals surface area contributed by atoms with Crippen molar-refractivity contribution in [2.45, 2.75) is 59.2 Å². The summed E-state index contributed by atoms with van der Waals surface area (Å²) in [6, 6.07) is 0. The lowest BCUT2D eigenvalue weighted by Crippen LogP contribution is -2.40. The smallest absolute Gasteiger partial charge is 0.303 e. The summed E-state index contributed by atoms with van der Waals surface area (Å²) in [5.74, 6) is -3.13. The number of amides is 2. The van der Waals surface area contributed by atoms with Gasteiger partial charge < -0.3 is 18.9 Å². The van der Waals surface area contributed by atoms with Crippen LogP contribution in [0.15, 0.2) is 12.7 Å². The predicted octanol–water partition coefficient (Wildman–Crippen LogP) is 0.0496. The Bertz CT molecular complexity index is 1130. The molecule has 0 radical (unpaired) electrons. The van der Waals surface area contributed by atoms with Crippen molar-refractivity contribution >= 4 is 46.7 Å². The first-order chi connectivity index (χ1) is 16.0. The van der Waals surface area contributed by atoms with Gasteiger partial charge in [0, 0.05) is 34.6 Å². The molecule has 4 unspecified atom stereocenters. The Balaban J connectivity index is 2.09. The van der Waals surface area contributed by atoms with Crippen LogP contribution in [0.5, 0.6) is 0 Å². The van der Waals surface area contributed by atoms with Crippen LogP contribution in [0.25, 0.3) is 11.2 Å². The first-order valence-corrected chi connectivity index (χ1v) is 10.1. The van der Waals surface area contributed by atoms with Gasteiger partial charge in [-0.3, -0.25) is 28.5 Å². The van der Waals surface area contributed by atoms with Crippen LogP contribution < -0.4 is 4.90 Å². The quantitative estimate of drug-likeness (QED) is 0.405. The molecule has 34 heavy (non-hydrogen) atoms. The Morgan fingerprint density at radius 1 is 0.912 bits per heavy atom. The second kappa shape index (κ2) is 9.91. The van der Waals surface area contributed by atoms with Crippen LogP contribution in [-0.4, -0.2) is 74.2 Å². The van der Waals surface area contributed by atoms with Crippen LogP contribution in [0, 0.1) is 0 Å². The predicted molar refractivity (Wildman–Crippen MR) is 111 cm³/mol. The zero-order chi connectivity index (χ0) is 25.2. The van der Waals surface area contributed by atoms with E-state index in [0.717, 1.165) is 11.2 Å². The third-order valence-electron chi connectivity index (χ3n) is 4.80. The Labute approximate surface area is 193 Å². The maximum atomic E-state index is 12.0. The Morgan fingerprint density at radius 3 is 2.09 bits per heavy atom. The molecule has 0 spiro atoms. The molecule has 182 valence electrons. The molecule has 0 aromatic carbocycles. The number of ether oxygens (including phenoxy) is 4. The second-order valence-corrected chi connectivity index (χ2v) is 7.41. The van der Waals surface area contributed by atoms with Gasteiger partial charge in [0.25, 0.3) is 0 Å². The Kier molecular flexibility index (Phi) is 7.20. The number of hydrogen-bond donors (Lipinski definition) is 0. The first kappa shape index (κ1) is 24.7. The Morgan fingerprint density at radius 2 is 1.53 bits per heavy atom. The number of anilines is 1. The number of esters is 3. The van der Waals surface area contributed by atoms with E-state index in [1.165, 1.54) is 45.5 Å². The summed E-state index contributed by atoms with van der Waals surface area (Å²) in [5, 5.41) is 0. The summed E-state index contributed by atoms with van der Waals surface area (Å²) >= 11 is 0. The van der Waals surface area contributed by atoms with Crippen molar-refractivity contribution in [3.8, 4) is 0 Å². The molecule has 0 aliphatic carbocycles. The zero-order valence-electron chi connectivity index (χ0n) is 19.1. The van der Waals surface area contributed by atoms with Gasteiger partial charge in [0.1, 0.15) is 19.0 Å². The minimum atomic E-state index is -1.16. The normalized spacial score (nSPS) is 21.7. The lowest BCUT2D eigenvalue weighted by Gasteiger charge is -2.23. The molecule has 1 aliphatic rings. The standard InChI is InChI=1S/C20H23N5O9/c1-9(26)25(10(2)27)19-15-18(21-7-22-19)24(8-23-15)20-17(33-13(5)30)16(32-12(4)29)14(34-20)6-31-11(3)28/h7-8,14,16-17,20H,6H2,1-5H3. The largest absolute Gasteiger partial charge is 0.463 e.